The summed E-state index contributed by atoms with van der Waals surface area (Å²) in [5.41, 5.74) is 0.768. The van der Waals surface area contributed by atoms with Crippen molar-refractivity contribution in [2.24, 2.45) is 0 Å². The highest BCUT2D eigenvalue weighted by Crippen LogP contribution is 2.26. The molecule has 0 saturated heterocycles. The summed E-state index contributed by atoms with van der Waals surface area (Å²) in [4.78, 5) is 0. The van der Waals surface area contributed by atoms with Crippen LogP contribution in [0.5, 0.6) is 17.2 Å². The van der Waals surface area contributed by atoms with Gasteiger partial charge in [-0.2, -0.15) is 0 Å². The SMILES string of the molecule is CCOc1ccccc1OCCOc1ccc(F)cc1C. The molecule has 0 bridgehead atoms. The van der Waals surface area contributed by atoms with Crippen LogP contribution in [-0.2, 0) is 0 Å². The van der Waals surface area contributed by atoms with Crippen molar-refractivity contribution >= 4 is 0 Å². The lowest BCUT2D eigenvalue weighted by atomic mass is 10.2. The van der Waals surface area contributed by atoms with E-state index in [-0.39, 0.29) is 5.82 Å². The number of aryl methyl sites for hydroxylation is 1. The van der Waals surface area contributed by atoms with Crippen molar-refractivity contribution in [1.82, 2.24) is 0 Å². The summed E-state index contributed by atoms with van der Waals surface area (Å²) in [5, 5.41) is 0. The average Bonchev–Trinajstić information content (AvgIpc) is 2.47. The molecule has 0 radical (unpaired) electrons. The van der Waals surface area contributed by atoms with Crippen molar-refractivity contribution < 1.29 is 18.6 Å². The Morgan fingerprint density at radius 3 is 2.10 bits per heavy atom. The molecule has 0 unspecified atom stereocenters. The molecule has 112 valence electrons. The second kappa shape index (κ2) is 7.53. The third-order valence-electron chi connectivity index (χ3n) is 2.88. The molecule has 0 fully saturated rings. The van der Waals surface area contributed by atoms with Crippen molar-refractivity contribution in [3.63, 3.8) is 0 Å². The Labute approximate surface area is 124 Å². The van der Waals surface area contributed by atoms with E-state index in [1.54, 1.807) is 6.07 Å². The molecule has 0 spiro atoms. The maximum Gasteiger partial charge on any atom is 0.161 e. The third kappa shape index (κ3) is 4.38. The van der Waals surface area contributed by atoms with Gasteiger partial charge in [-0.05, 0) is 49.7 Å². The highest BCUT2D eigenvalue weighted by molar-refractivity contribution is 5.39. The second-order valence-corrected chi connectivity index (χ2v) is 4.49. The first kappa shape index (κ1) is 15.2. The van der Waals surface area contributed by atoms with Gasteiger partial charge in [0.1, 0.15) is 24.8 Å². The van der Waals surface area contributed by atoms with Gasteiger partial charge in [-0.15, -0.1) is 0 Å². The van der Waals surface area contributed by atoms with Crippen LogP contribution in [-0.4, -0.2) is 19.8 Å². The summed E-state index contributed by atoms with van der Waals surface area (Å²) in [6.45, 7) is 5.10. The van der Waals surface area contributed by atoms with E-state index in [0.29, 0.717) is 31.3 Å². The lowest BCUT2D eigenvalue weighted by Crippen LogP contribution is -2.10. The fourth-order valence-corrected chi connectivity index (χ4v) is 1.92. The summed E-state index contributed by atoms with van der Waals surface area (Å²) < 4.78 is 29.7. The first-order valence-corrected chi connectivity index (χ1v) is 6.94. The zero-order chi connectivity index (χ0) is 15.1. The molecule has 4 heteroatoms. The average molecular weight is 290 g/mol. The minimum Gasteiger partial charge on any atom is -0.490 e. The van der Waals surface area contributed by atoms with E-state index < -0.39 is 0 Å². The number of halogens is 1. The second-order valence-electron chi connectivity index (χ2n) is 4.49. The predicted molar refractivity (Wildman–Crippen MR) is 79.7 cm³/mol. The molecule has 0 aromatic heterocycles. The van der Waals surface area contributed by atoms with E-state index in [1.165, 1.54) is 12.1 Å². The van der Waals surface area contributed by atoms with E-state index in [9.17, 15) is 4.39 Å². The van der Waals surface area contributed by atoms with Crippen LogP contribution >= 0.6 is 0 Å². The molecular weight excluding hydrogens is 271 g/mol. The monoisotopic (exact) mass is 290 g/mol. The number of hydrogen-bond donors (Lipinski definition) is 0. The summed E-state index contributed by atoms with van der Waals surface area (Å²) in [7, 11) is 0. The molecule has 2 aromatic rings. The van der Waals surface area contributed by atoms with E-state index in [0.717, 1.165) is 11.3 Å². The molecule has 0 aliphatic heterocycles. The topological polar surface area (TPSA) is 27.7 Å². The first-order valence-electron chi connectivity index (χ1n) is 6.94. The van der Waals surface area contributed by atoms with Gasteiger partial charge in [0.15, 0.2) is 11.5 Å². The molecule has 0 heterocycles. The van der Waals surface area contributed by atoms with Crippen molar-refractivity contribution in [3.05, 3.63) is 53.8 Å². The van der Waals surface area contributed by atoms with Crippen molar-refractivity contribution in [2.75, 3.05) is 19.8 Å². The fraction of sp³-hybridized carbons (Fsp3) is 0.294. The number of ether oxygens (including phenoxy) is 3. The van der Waals surface area contributed by atoms with Crippen LogP contribution in [0.3, 0.4) is 0 Å². The van der Waals surface area contributed by atoms with Gasteiger partial charge in [-0.1, -0.05) is 12.1 Å². The molecule has 2 rings (SSSR count). The molecule has 2 aromatic carbocycles. The quantitative estimate of drug-likeness (QED) is 0.722. The fourth-order valence-electron chi connectivity index (χ4n) is 1.92. The van der Waals surface area contributed by atoms with Crippen molar-refractivity contribution in [3.8, 4) is 17.2 Å². The lowest BCUT2D eigenvalue weighted by molar-refractivity contribution is 0.207. The molecule has 0 N–H and O–H groups in total. The van der Waals surface area contributed by atoms with Gasteiger partial charge in [0.2, 0.25) is 0 Å². The standard InChI is InChI=1S/C17H19FO3/c1-3-19-16-6-4-5-7-17(16)21-11-10-20-15-9-8-14(18)12-13(15)2/h4-9,12H,3,10-11H2,1-2H3. The van der Waals surface area contributed by atoms with Gasteiger partial charge in [0.25, 0.3) is 0 Å². The molecule has 0 amide bonds. The number of para-hydroxylation sites is 2. The van der Waals surface area contributed by atoms with E-state index in [2.05, 4.69) is 0 Å². The zero-order valence-corrected chi connectivity index (χ0v) is 12.3. The van der Waals surface area contributed by atoms with Crippen LogP contribution in [0.2, 0.25) is 0 Å². The van der Waals surface area contributed by atoms with Crippen LogP contribution in [0.4, 0.5) is 4.39 Å². The van der Waals surface area contributed by atoms with Gasteiger partial charge >= 0.3 is 0 Å². The zero-order valence-electron chi connectivity index (χ0n) is 12.3. The Bertz CT molecular complexity index is 584. The minimum atomic E-state index is -0.262. The molecular formula is C17H19FO3. The highest BCUT2D eigenvalue weighted by atomic mass is 19.1. The van der Waals surface area contributed by atoms with Crippen LogP contribution in [0, 0.1) is 12.7 Å². The van der Waals surface area contributed by atoms with Crippen LogP contribution < -0.4 is 14.2 Å². The number of rotatable bonds is 7. The van der Waals surface area contributed by atoms with Crippen LogP contribution in [0.1, 0.15) is 12.5 Å². The summed E-state index contributed by atoms with van der Waals surface area (Å²) >= 11 is 0. The van der Waals surface area contributed by atoms with Crippen molar-refractivity contribution in [1.29, 1.82) is 0 Å². The Kier molecular flexibility index (Phi) is 5.43. The third-order valence-corrected chi connectivity index (χ3v) is 2.88. The van der Waals surface area contributed by atoms with E-state index in [1.807, 2.05) is 38.1 Å². The lowest BCUT2D eigenvalue weighted by Gasteiger charge is -2.13. The molecule has 0 aliphatic rings. The molecule has 0 atom stereocenters. The number of benzene rings is 2. The van der Waals surface area contributed by atoms with Crippen molar-refractivity contribution in [2.45, 2.75) is 13.8 Å². The molecule has 3 nitrogen and oxygen atoms in total. The Hall–Kier alpha value is -2.23. The minimum absolute atomic E-state index is 0.262. The Balaban J connectivity index is 1.84. The van der Waals surface area contributed by atoms with E-state index >= 15 is 0 Å². The smallest absolute Gasteiger partial charge is 0.161 e. The van der Waals surface area contributed by atoms with Gasteiger partial charge in [-0.25, -0.2) is 4.39 Å². The predicted octanol–water partition coefficient (Wildman–Crippen LogP) is 3.99. The first-order chi connectivity index (χ1) is 10.2. The number of hydrogen-bond acceptors (Lipinski definition) is 3. The highest BCUT2D eigenvalue weighted by Gasteiger charge is 2.04. The van der Waals surface area contributed by atoms with Gasteiger partial charge in [0, 0.05) is 0 Å². The van der Waals surface area contributed by atoms with Crippen LogP contribution in [0.15, 0.2) is 42.5 Å². The summed E-state index contributed by atoms with van der Waals surface area (Å²) in [6, 6.07) is 12.0. The summed E-state index contributed by atoms with van der Waals surface area (Å²) in [5.74, 6) is 1.82. The largest absolute Gasteiger partial charge is 0.490 e. The van der Waals surface area contributed by atoms with Gasteiger partial charge < -0.3 is 14.2 Å². The van der Waals surface area contributed by atoms with Gasteiger partial charge in [0.05, 0.1) is 6.61 Å². The normalized spacial score (nSPS) is 10.2. The Morgan fingerprint density at radius 2 is 1.48 bits per heavy atom. The van der Waals surface area contributed by atoms with E-state index in [4.69, 9.17) is 14.2 Å². The molecule has 0 aliphatic carbocycles. The maximum absolute atomic E-state index is 13.0. The van der Waals surface area contributed by atoms with Crippen LogP contribution in [0.25, 0.3) is 0 Å². The van der Waals surface area contributed by atoms with Gasteiger partial charge in [-0.3, -0.25) is 0 Å². The Morgan fingerprint density at radius 1 is 0.857 bits per heavy atom. The molecule has 21 heavy (non-hydrogen) atoms. The maximum atomic E-state index is 13.0. The molecule has 0 saturated carbocycles. The summed E-state index contributed by atoms with van der Waals surface area (Å²) in [6.07, 6.45) is 0.